The number of carbonyl (C=O) groups is 1. The van der Waals surface area contributed by atoms with Crippen molar-refractivity contribution in [3.8, 4) is 0 Å². The Morgan fingerprint density at radius 2 is 1.69 bits per heavy atom. The third-order valence-electron chi connectivity index (χ3n) is 6.29. The highest BCUT2D eigenvalue weighted by Crippen LogP contribution is 2.25. The first kappa shape index (κ1) is 22.8. The van der Waals surface area contributed by atoms with Crippen LogP contribution >= 0.6 is 0 Å². The number of benzene rings is 2. The standard InChI is InChI=1S/C26H36N4O2/c1-28(20-23-7-3-4-8-25(23)30-13-5-2-6-14-30)21-26(31)27-24-11-9-22(10-12-24)19-29-15-17-32-18-16-29/h3-4,7-12H,2,5-6,13-21H2,1H3,(H,27,31). The van der Waals surface area contributed by atoms with Crippen molar-refractivity contribution in [1.29, 1.82) is 0 Å². The molecule has 2 aliphatic heterocycles. The number of ether oxygens (including phenoxy) is 1. The average molecular weight is 437 g/mol. The molecule has 4 rings (SSSR count). The number of piperidine rings is 1. The van der Waals surface area contributed by atoms with E-state index in [1.807, 2.05) is 19.2 Å². The van der Waals surface area contributed by atoms with E-state index in [4.69, 9.17) is 4.74 Å². The van der Waals surface area contributed by atoms with E-state index < -0.39 is 0 Å². The van der Waals surface area contributed by atoms with Crippen molar-refractivity contribution in [2.24, 2.45) is 0 Å². The third-order valence-corrected chi connectivity index (χ3v) is 6.29. The number of likely N-dealkylation sites (N-methyl/N-ethyl adjacent to an activating group) is 1. The minimum Gasteiger partial charge on any atom is -0.379 e. The summed E-state index contributed by atoms with van der Waals surface area (Å²) < 4.78 is 5.41. The number of carbonyl (C=O) groups excluding carboxylic acids is 1. The smallest absolute Gasteiger partial charge is 0.238 e. The first-order chi connectivity index (χ1) is 15.7. The molecule has 0 radical (unpaired) electrons. The van der Waals surface area contributed by atoms with E-state index in [9.17, 15) is 4.79 Å². The summed E-state index contributed by atoms with van der Waals surface area (Å²) in [6, 6.07) is 16.8. The van der Waals surface area contributed by atoms with Crippen LogP contribution in [0.1, 0.15) is 30.4 Å². The van der Waals surface area contributed by atoms with Crippen LogP contribution in [0.2, 0.25) is 0 Å². The summed E-state index contributed by atoms with van der Waals surface area (Å²) in [7, 11) is 2.01. The Kier molecular flexibility index (Phi) is 8.15. The van der Waals surface area contributed by atoms with Gasteiger partial charge < -0.3 is 15.0 Å². The van der Waals surface area contributed by atoms with Crippen LogP contribution in [0, 0.1) is 0 Å². The highest BCUT2D eigenvalue weighted by atomic mass is 16.5. The van der Waals surface area contributed by atoms with E-state index in [0.29, 0.717) is 6.54 Å². The van der Waals surface area contributed by atoms with Crippen molar-refractivity contribution < 1.29 is 9.53 Å². The molecule has 2 aromatic carbocycles. The number of rotatable bonds is 8. The molecule has 0 unspecified atom stereocenters. The molecule has 0 atom stereocenters. The largest absolute Gasteiger partial charge is 0.379 e. The Morgan fingerprint density at radius 3 is 2.44 bits per heavy atom. The van der Waals surface area contributed by atoms with E-state index in [-0.39, 0.29) is 5.91 Å². The maximum Gasteiger partial charge on any atom is 0.238 e. The molecule has 32 heavy (non-hydrogen) atoms. The number of amides is 1. The van der Waals surface area contributed by atoms with Crippen molar-refractivity contribution in [2.45, 2.75) is 32.4 Å². The van der Waals surface area contributed by atoms with Gasteiger partial charge in [0.25, 0.3) is 0 Å². The lowest BCUT2D eigenvalue weighted by molar-refractivity contribution is -0.117. The van der Waals surface area contributed by atoms with Crippen LogP contribution in [-0.2, 0) is 22.6 Å². The molecule has 1 N–H and O–H groups in total. The van der Waals surface area contributed by atoms with Gasteiger partial charge in [0, 0.05) is 50.6 Å². The van der Waals surface area contributed by atoms with Crippen LogP contribution in [0.5, 0.6) is 0 Å². The summed E-state index contributed by atoms with van der Waals surface area (Å²) in [6.45, 7) is 7.89. The molecule has 0 saturated carbocycles. The summed E-state index contributed by atoms with van der Waals surface area (Å²) in [4.78, 5) is 19.6. The minimum absolute atomic E-state index is 0.0175. The first-order valence-corrected chi connectivity index (χ1v) is 11.9. The zero-order chi connectivity index (χ0) is 22.2. The van der Waals surface area contributed by atoms with E-state index in [1.165, 1.54) is 36.1 Å². The lowest BCUT2D eigenvalue weighted by Crippen LogP contribution is -2.35. The van der Waals surface area contributed by atoms with Crippen molar-refractivity contribution in [3.05, 3.63) is 59.7 Å². The number of nitrogens with zero attached hydrogens (tertiary/aromatic N) is 3. The molecule has 2 saturated heterocycles. The molecule has 1 amide bonds. The van der Waals surface area contributed by atoms with Gasteiger partial charge in [0.2, 0.25) is 5.91 Å². The minimum atomic E-state index is 0.0175. The van der Waals surface area contributed by atoms with Crippen LogP contribution < -0.4 is 10.2 Å². The molecule has 2 aromatic rings. The molecule has 0 aliphatic carbocycles. The van der Waals surface area contributed by atoms with Gasteiger partial charge in [-0.05, 0) is 55.6 Å². The maximum absolute atomic E-state index is 12.6. The molecular weight excluding hydrogens is 400 g/mol. The van der Waals surface area contributed by atoms with Gasteiger partial charge in [-0.2, -0.15) is 0 Å². The zero-order valence-corrected chi connectivity index (χ0v) is 19.3. The van der Waals surface area contributed by atoms with Crippen molar-refractivity contribution >= 4 is 17.3 Å². The van der Waals surface area contributed by atoms with Gasteiger partial charge in [-0.3, -0.25) is 14.6 Å². The molecular formula is C26H36N4O2. The van der Waals surface area contributed by atoms with Gasteiger partial charge in [-0.1, -0.05) is 30.3 Å². The summed E-state index contributed by atoms with van der Waals surface area (Å²) in [5.74, 6) is 0.0175. The van der Waals surface area contributed by atoms with E-state index in [2.05, 4.69) is 56.4 Å². The fourth-order valence-corrected chi connectivity index (χ4v) is 4.59. The predicted molar refractivity (Wildman–Crippen MR) is 130 cm³/mol. The van der Waals surface area contributed by atoms with E-state index >= 15 is 0 Å². The molecule has 2 fully saturated rings. The molecule has 0 bridgehead atoms. The SMILES string of the molecule is CN(CC(=O)Nc1ccc(CN2CCOCC2)cc1)Cc1ccccc1N1CCCCC1. The Morgan fingerprint density at radius 1 is 0.969 bits per heavy atom. The second-order valence-electron chi connectivity index (χ2n) is 8.98. The molecule has 2 heterocycles. The monoisotopic (exact) mass is 436 g/mol. The molecule has 2 aliphatic rings. The van der Waals surface area contributed by atoms with Gasteiger partial charge in [0.1, 0.15) is 0 Å². The summed E-state index contributed by atoms with van der Waals surface area (Å²) >= 11 is 0. The zero-order valence-electron chi connectivity index (χ0n) is 19.3. The van der Waals surface area contributed by atoms with Gasteiger partial charge in [0.15, 0.2) is 0 Å². The van der Waals surface area contributed by atoms with Crippen LogP contribution in [-0.4, -0.2) is 68.7 Å². The van der Waals surface area contributed by atoms with Gasteiger partial charge in [-0.15, -0.1) is 0 Å². The van der Waals surface area contributed by atoms with Crippen molar-refractivity contribution in [3.63, 3.8) is 0 Å². The Hall–Kier alpha value is -2.41. The topological polar surface area (TPSA) is 48.1 Å². The number of anilines is 2. The number of para-hydroxylation sites is 1. The first-order valence-electron chi connectivity index (χ1n) is 11.9. The molecule has 6 nitrogen and oxygen atoms in total. The number of nitrogens with one attached hydrogen (secondary N) is 1. The summed E-state index contributed by atoms with van der Waals surface area (Å²) in [5.41, 5.74) is 4.71. The van der Waals surface area contributed by atoms with E-state index in [0.717, 1.165) is 58.2 Å². The third kappa shape index (κ3) is 6.55. The van der Waals surface area contributed by atoms with Gasteiger partial charge >= 0.3 is 0 Å². The van der Waals surface area contributed by atoms with Crippen LogP contribution in [0.3, 0.4) is 0 Å². The van der Waals surface area contributed by atoms with Gasteiger partial charge in [-0.25, -0.2) is 0 Å². The quantitative estimate of drug-likeness (QED) is 0.686. The number of hydrogen-bond acceptors (Lipinski definition) is 5. The lowest BCUT2D eigenvalue weighted by Gasteiger charge is -2.31. The Balaban J connectivity index is 1.27. The summed E-state index contributed by atoms with van der Waals surface area (Å²) in [5, 5.41) is 3.04. The molecule has 0 spiro atoms. The van der Waals surface area contributed by atoms with Gasteiger partial charge in [0.05, 0.1) is 19.8 Å². The molecule has 0 aromatic heterocycles. The molecule has 6 heteroatoms. The van der Waals surface area contributed by atoms with Crippen LogP contribution in [0.25, 0.3) is 0 Å². The summed E-state index contributed by atoms with van der Waals surface area (Å²) in [6.07, 6.45) is 3.85. The normalized spacial score (nSPS) is 17.5. The van der Waals surface area contributed by atoms with Crippen molar-refractivity contribution in [2.75, 3.05) is 63.2 Å². The Labute approximate surface area is 192 Å². The second kappa shape index (κ2) is 11.5. The van der Waals surface area contributed by atoms with Crippen molar-refractivity contribution in [1.82, 2.24) is 9.80 Å². The maximum atomic E-state index is 12.6. The lowest BCUT2D eigenvalue weighted by atomic mass is 10.1. The average Bonchev–Trinajstić information content (AvgIpc) is 2.82. The highest BCUT2D eigenvalue weighted by Gasteiger charge is 2.16. The predicted octanol–water partition coefficient (Wildman–Crippen LogP) is 3.58. The fraction of sp³-hybridized carbons (Fsp3) is 0.500. The fourth-order valence-electron chi connectivity index (χ4n) is 4.59. The molecule has 172 valence electrons. The van der Waals surface area contributed by atoms with Crippen LogP contribution in [0.15, 0.2) is 48.5 Å². The second-order valence-corrected chi connectivity index (χ2v) is 8.98. The number of hydrogen-bond donors (Lipinski definition) is 1. The Bertz CT molecular complexity index is 858. The highest BCUT2D eigenvalue weighted by molar-refractivity contribution is 5.92. The van der Waals surface area contributed by atoms with Crippen LogP contribution in [0.4, 0.5) is 11.4 Å². The van der Waals surface area contributed by atoms with E-state index in [1.54, 1.807) is 0 Å². The number of morpholine rings is 1.